The third kappa shape index (κ3) is 4.01. The first-order valence-electron chi connectivity index (χ1n) is 8.50. The van der Waals surface area contributed by atoms with Crippen molar-refractivity contribution in [2.45, 2.75) is 25.3 Å². The van der Waals surface area contributed by atoms with E-state index in [9.17, 15) is 13.6 Å². The molecule has 0 bridgehead atoms. The van der Waals surface area contributed by atoms with Gasteiger partial charge in [-0.1, -0.05) is 0 Å². The summed E-state index contributed by atoms with van der Waals surface area (Å²) in [6, 6.07) is 2.80. The number of halogens is 2. The Hall–Kier alpha value is -2.48. The van der Waals surface area contributed by atoms with E-state index in [2.05, 4.69) is 15.2 Å². The number of carboxylic acid groups (broad SMARTS) is 1. The largest absolute Gasteiger partial charge is 0.497 e. The molecule has 0 atom stereocenters. The van der Waals surface area contributed by atoms with Crippen molar-refractivity contribution in [2.75, 3.05) is 26.7 Å². The highest BCUT2D eigenvalue weighted by Crippen LogP contribution is 2.27. The average Bonchev–Trinajstić information content (AvgIpc) is 2.61. The zero-order valence-electron chi connectivity index (χ0n) is 14.5. The fourth-order valence-electron chi connectivity index (χ4n) is 3.38. The molecule has 2 heterocycles. The van der Waals surface area contributed by atoms with Gasteiger partial charge in [-0.05, 0) is 25.3 Å². The lowest BCUT2D eigenvalue weighted by Crippen LogP contribution is -2.44. The van der Waals surface area contributed by atoms with E-state index in [1.807, 2.05) is 0 Å². The molecule has 1 aromatic carbocycles. The maximum Gasteiger partial charge on any atom is 0.404 e. The highest BCUT2D eigenvalue weighted by molar-refractivity contribution is 5.84. The van der Waals surface area contributed by atoms with Gasteiger partial charge in [0, 0.05) is 42.7 Å². The van der Waals surface area contributed by atoms with Gasteiger partial charge in [0.05, 0.1) is 13.3 Å². The van der Waals surface area contributed by atoms with E-state index in [0.717, 1.165) is 19.3 Å². The minimum Gasteiger partial charge on any atom is -0.497 e. The Bertz CT molecular complexity index is 808. The van der Waals surface area contributed by atoms with E-state index >= 15 is 0 Å². The van der Waals surface area contributed by atoms with Crippen molar-refractivity contribution in [3.63, 3.8) is 0 Å². The van der Waals surface area contributed by atoms with E-state index in [0.29, 0.717) is 42.5 Å². The van der Waals surface area contributed by atoms with Crippen LogP contribution in [0.15, 0.2) is 18.3 Å². The summed E-state index contributed by atoms with van der Waals surface area (Å²) in [4.78, 5) is 16.7. The van der Waals surface area contributed by atoms with Crippen LogP contribution in [-0.2, 0) is 6.42 Å². The second-order valence-corrected chi connectivity index (χ2v) is 6.41. The van der Waals surface area contributed by atoms with Gasteiger partial charge < -0.3 is 20.1 Å². The van der Waals surface area contributed by atoms with Crippen molar-refractivity contribution in [3.8, 4) is 5.75 Å². The number of pyridine rings is 1. The molecule has 1 aliphatic heterocycles. The molecule has 0 radical (unpaired) electrons. The summed E-state index contributed by atoms with van der Waals surface area (Å²) in [7, 11) is 1.43. The maximum atomic E-state index is 14.3. The molecule has 8 heteroatoms. The predicted molar refractivity (Wildman–Crippen MR) is 92.5 cm³/mol. The van der Waals surface area contributed by atoms with Gasteiger partial charge in [0.15, 0.2) is 5.82 Å². The second kappa shape index (κ2) is 7.82. The first kappa shape index (κ1) is 18.3. The van der Waals surface area contributed by atoms with Crippen LogP contribution in [0, 0.1) is 11.6 Å². The average molecular weight is 365 g/mol. The molecule has 0 unspecified atom stereocenters. The molecule has 1 aliphatic rings. The Morgan fingerprint density at radius 3 is 2.73 bits per heavy atom. The molecule has 26 heavy (non-hydrogen) atoms. The summed E-state index contributed by atoms with van der Waals surface area (Å²) < 4.78 is 33.6. The number of benzene rings is 1. The third-order valence-corrected chi connectivity index (χ3v) is 4.79. The molecule has 1 amide bonds. The van der Waals surface area contributed by atoms with Gasteiger partial charge >= 0.3 is 6.09 Å². The second-order valence-electron chi connectivity index (χ2n) is 6.41. The van der Waals surface area contributed by atoms with Crippen LogP contribution >= 0.6 is 0 Å². The number of nitrogens with zero attached hydrogens (tertiary/aromatic N) is 2. The Balaban J connectivity index is 1.72. The zero-order valence-corrected chi connectivity index (χ0v) is 14.5. The number of amides is 1. The molecule has 140 valence electrons. The minimum atomic E-state index is -1.01. The van der Waals surface area contributed by atoms with Crippen LogP contribution in [0.25, 0.3) is 10.9 Å². The van der Waals surface area contributed by atoms with Gasteiger partial charge in [-0.3, -0.25) is 4.98 Å². The first-order chi connectivity index (χ1) is 12.5. The number of piperidine rings is 1. The predicted octanol–water partition coefficient (Wildman–Crippen LogP) is 2.80. The van der Waals surface area contributed by atoms with Crippen molar-refractivity contribution < 1.29 is 23.4 Å². The SMILES string of the molecule is COc1cc(F)c2ncc(F)c(CCN3CCC(NC(=O)O)CC3)c2c1. The molecule has 0 saturated carbocycles. The van der Waals surface area contributed by atoms with Crippen molar-refractivity contribution >= 4 is 17.0 Å². The monoisotopic (exact) mass is 365 g/mol. The van der Waals surface area contributed by atoms with E-state index < -0.39 is 17.7 Å². The molecule has 0 spiro atoms. The van der Waals surface area contributed by atoms with Crippen LogP contribution in [0.4, 0.5) is 13.6 Å². The molecule has 1 saturated heterocycles. The molecule has 0 aliphatic carbocycles. The van der Waals surface area contributed by atoms with Gasteiger partial charge in [0.1, 0.15) is 17.1 Å². The lowest BCUT2D eigenvalue weighted by atomic mass is 10.0. The van der Waals surface area contributed by atoms with Crippen molar-refractivity contribution in [2.24, 2.45) is 0 Å². The highest BCUT2D eigenvalue weighted by atomic mass is 19.1. The van der Waals surface area contributed by atoms with Crippen LogP contribution in [0.5, 0.6) is 5.75 Å². The Morgan fingerprint density at radius 2 is 2.08 bits per heavy atom. The van der Waals surface area contributed by atoms with E-state index in [4.69, 9.17) is 9.84 Å². The Kier molecular flexibility index (Phi) is 5.51. The Morgan fingerprint density at radius 1 is 1.35 bits per heavy atom. The normalized spacial score (nSPS) is 16.0. The maximum absolute atomic E-state index is 14.3. The first-order valence-corrected chi connectivity index (χ1v) is 8.50. The number of likely N-dealkylation sites (tertiary alicyclic amines) is 1. The number of aromatic nitrogens is 1. The van der Waals surface area contributed by atoms with Crippen LogP contribution in [0.2, 0.25) is 0 Å². The van der Waals surface area contributed by atoms with Crippen LogP contribution in [0.3, 0.4) is 0 Å². The number of carbonyl (C=O) groups is 1. The molecule has 2 aromatic rings. The van der Waals surface area contributed by atoms with Gasteiger partial charge in [-0.2, -0.15) is 0 Å². The fraction of sp³-hybridized carbons (Fsp3) is 0.444. The van der Waals surface area contributed by atoms with E-state index in [1.165, 1.54) is 13.2 Å². The van der Waals surface area contributed by atoms with Gasteiger partial charge in [-0.25, -0.2) is 13.6 Å². The molecule has 2 N–H and O–H groups in total. The third-order valence-electron chi connectivity index (χ3n) is 4.79. The summed E-state index contributed by atoms with van der Waals surface area (Å²) in [5.41, 5.74) is 0.546. The van der Waals surface area contributed by atoms with E-state index in [1.54, 1.807) is 6.07 Å². The van der Waals surface area contributed by atoms with Gasteiger partial charge in [-0.15, -0.1) is 0 Å². The van der Waals surface area contributed by atoms with Crippen molar-refractivity contribution in [1.82, 2.24) is 15.2 Å². The standard InChI is InChI=1S/C18H21F2N3O3/c1-26-12-8-14-13(16(20)10-21-17(14)15(19)9-12)4-7-23-5-2-11(3-6-23)22-18(24)25/h8-11,22H,2-7H2,1H3,(H,24,25). The molecule has 3 rings (SSSR count). The summed E-state index contributed by atoms with van der Waals surface area (Å²) in [5.74, 6) is -0.682. The summed E-state index contributed by atoms with van der Waals surface area (Å²) in [6.07, 6.45) is 1.89. The number of rotatable bonds is 5. The summed E-state index contributed by atoms with van der Waals surface area (Å²) in [6.45, 7) is 2.06. The quantitative estimate of drug-likeness (QED) is 0.852. The van der Waals surface area contributed by atoms with Crippen molar-refractivity contribution in [1.29, 1.82) is 0 Å². The summed E-state index contributed by atoms with van der Waals surface area (Å²) >= 11 is 0. The smallest absolute Gasteiger partial charge is 0.404 e. The fourth-order valence-corrected chi connectivity index (χ4v) is 3.38. The zero-order chi connectivity index (χ0) is 18.7. The van der Waals surface area contributed by atoms with Gasteiger partial charge in [0.2, 0.25) is 0 Å². The number of hydrogen-bond acceptors (Lipinski definition) is 4. The van der Waals surface area contributed by atoms with Crippen LogP contribution in [0.1, 0.15) is 18.4 Å². The number of methoxy groups -OCH3 is 1. The van der Waals surface area contributed by atoms with Crippen LogP contribution < -0.4 is 10.1 Å². The lowest BCUT2D eigenvalue weighted by Gasteiger charge is -2.31. The van der Waals surface area contributed by atoms with Gasteiger partial charge in [0.25, 0.3) is 0 Å². The molecule has 6 nitrogen and oxygen atoms in total. The van der Waals surface area contributed by atoms with E-state index in [-0.39, 0.29) is 11.6 Å². The topological polar surface area (TPSA) is 74.7 Å². The summed E-state index contributed by atoms with van der Waals surface area (Å²) in [5, 5.41) is 11.7. The number of fused-ring (bicyclic) bond motifs is 1. The molecular weight excluding hydrogens is 344 g/mol. The minimum absolute atomic E-state index is 0.0411. The number of ether oxygens (including phenoxy) is 1. The van der Waals surface area contributed by atoms with Crippen LogP contribution in [-0.4, -0.2) is 53.9 Å². The molecule has 1 fully saturated rings. The highest BCUT2D eigenvalue weighted by Gasteiger charge is 2.21. The number of nitrogens with one attached hydrogen (secondary N) is 1. The molecule has 1 aromatic heterocycles. The number of hydrogen-bond donors (Lipinski definition) is 2. The molecular formula is C18H21F2N3O3. The van der Waals surface area contributed by atoms with Crippen molar-refractivity contribution in [3.05, 3.63) is 35.5 Å². The lowest BCUT2D eigenvalue weighted by molar-refractivity contribution is 0.168. The Labute approximate surface area is 149 Å².